The third-order valence-corrected chi connectivity index (χ3v) is 4.24. The molecule has 2 aromatic carbocycles. The Kier molecular flexibility index (Phi) is 6.31. The number of ether oxygens (including phenoxy) is 1. The monoisotopic (exact) mass is 354 g/mol. The Morgan fingerprint density at radius 2 is 1.80 bits per heavy atom. The number of Topliss-reactive ketones (excluding diaryl/α,β-unsaturated/α-hetero) is 1. The molecule has 0 saturated heterocycles. The first-order valence-corrected chi connectivity index (χ1v) is 8.11. The summed E-state index contributed by atoms with van der Waals surface area (Å²) in [5.74, 6) is -2.01. The van der Waals surface area contributed by atoms with Crippen LogP contribution in [0.15, 0.2) is 79.4 Å². The van der Waals surface area contributed by atoms with Gasteiger partial charge in [0.2, 0.25) is 0 Å². The normalized spacial score (nSPS) is 12.7. The number of hydrogen-bond acceptors (Lipinski definition) is 3. The molecular weight excluding hydrogens is 336 g/mol. The van der Waals surface area contributed by atoms with Gasteiger partial charge in [0, 0.05) is 22.1 Å². The topological polar surface area (TPSA) is 43.4 Å². The van der Waals surface area contributed by atoms with E-state index in [4.69, 9.17) is 16.3 Å². The summed E-state index contributed by atoms with van der Waals surface area (Å²) in [6.45, 7) is 7.66. The molecule has 128 valence electrons. The number of rotatable bonds is 7. The van der Waals surface area contributed by atoms with E-state index < -0.39 is 17.8 Å². The number of esters is 1. The predicted molar refractivity (Wildman–Crippen MR) is 99.8 cm³/mol. The molecule has 0 amide bonds. The summed E-state index contributed by atoms with van der Waals surface area (Å²) in [5.41, 5.74) is 1.42. The second-order valence-electron chi connectivity index (χ2n) is 5.54. The first kappa shape index (κ1) is 18.7. The minimum atomic E-state index is -0.674. The average molecular weight is 355 g/mol. The van der Waals surface area contributed by atoms with Crippen molar-refractivity contribution >= 4 is 23.4 Å². The number of hydrogen-bond donors (Lipinski definition) is 0. The maximum atomic E-state index is 13.0. The molecule has 0 N–H and O–H groups in total. The van der Waals surface area contributed by atoms with E-state index in [0.29, 0.717) is 16.1 Å². The van der Waals surface area contributed by atoms with Crippen LogP contribution in [0.4, 0.5) is 0 Å². The molecule has 0 aliphatic rings. The van der Waals surface area contributed by atoms with Gasteiger partial charge in [-0.1, -0.05) is 66.7 Å². The van der Waals surface area contributed by atoms with Crippen molar-refractivity contribution in [3.05, 3.63) is 95.6 Å². The van der Waals surface area contributed by atoms with Crippen LogP contribution in [0, 0.1) is 5.92 Å². The molecule has 0 heterocycles. The molecule has 0 bridgehead atoms. The molecule has 0 aliphatic heterocycles. The van der Waals surface area contributed by atoms with Gasteiger partial charge in [-0.05, 0) is 17.7 Å². The highest BCUT2D eigenvalue weighted by atomic mass is 35.5. The largest absolute Gasteiger partial charge is 0.466 e. The third kappa shape index (κ3) is 4.25. The molecular formula is C21H19ClO3. The smallest absolute Gasteiger partial charge is 0.333 e. The van der Waals surface area contributed by atoms with E-state index >= 15 is 0 Å². The Bertz CT molecular complexity index is 796. The number of halogens is 1. The molecule has 0 aliphatic carbocycles. The molecule has 25 heavy (non-hydrogen) atoms. The van der Waals surface area contributed by atoms with Crippen molar-refractivity contribution in [1.29, 1.82) is 0 Å². The molecule has 3 nitrogen and oxygen atoms in total. The van der Waals surface area contributed by atoms with Gasteiger partial charge in [0.25, 0.3) is 0 Å². The van der Waals surface area contributed by atoms with Crippen LogP contribution < -0.4 is 0 Å². The van der Waals surface area contributed by atoms with Gasteiger partial charge >= 0.3 is 5.97 Å². The number of ketones is 1. The van der Waals surface area contributed by atoms with Gasteiger partial charge < -0.3 is 4.74 Å². The molecule has 0 spiro atoms. The quantitative estimate of drug-likeness (QED) is 0.309. The van der Waals surface area contributed by atoms with Crippen LogP contribution in [0.3, 0.4) is 0 Å². The van der Waals surface area contributed by atoms with Crippen molar-refractivity contribution in [2.24, 2.45) is 5.92 Å². The van der Waals surface area contributed by atoms with Crippen molar-refractivity contribution in [2.75, 3.05) is 7.11 Å². The molecule has 4 heteroatoms. The van der Waals surface area contributed by atoms with Gasteiger partial charge in [-0.15, -0.1) is 6.58 Å². The standard InChI is InChI=1S/C21H19ClO3/c1-4-18(20(23)15-9-6-5-7-10-15)19(14(2)21(24)25-3)16-11-8-12-17(22)13-16/h4-13,18-19H,1-2H2,3H3. The van der Waals surface area contributed by atoms with E-state index in [9.17, 15) is 9.59 Å². The SMILES string of the molecule is C=CC(C(=O)c1ccccc1)C(C(=C)C(=O)OC)c1cccc(Cl)c1. The zero-order chi connectivity index (χ0) is 18.4. The highest BCUT2D eigenvalue weighted by Gasteiger charge is 2.33. The summed E-state index contributed by atoms with van der Waals surface area (Å²) < 4.78 is 4.81. The van der Waals surface area contributed by atoms with Gasteiger partial charge in [0.15, 0.2) is 5.78 Å². The Labute approximate surface area is 152 Å². The fraction of sp³-hybridized carbons (Fsp3) is 0.143. The summed E-state index contributed by atoms with van der Waals surface area (Å²) in [4.78, 5) is 25.1. The molecule has 0 saturated carbocycles. The molecule has 2 unspecified atom stereocenters. The first-order valence-electron chi connectivity index (χ1n) is 7.74. The van der Waals surface area contributed by atoms with Crippen molar-refractivity contribution in [2.45, 2.75) is 5.92 Å². The van der Waals surface area contributed by atoms with Crippen LogP contribution in [0.1, 0.15) is 21.8 Å². The molecule has 2 rings (SSSR count). The Morgan fingerprint density at radius 3 is 2.36 bits per heavy atom. The summed E-state index contributed by atoms with van der Waals surface area (Å²) in [6, 6.07) is 15.9. The Morgan fingerprint density at radius 1 is 1.12 bits per heavy atom. The van der Waals surface area contributed by atoms with Crippen LogP contribution in [0.25, 0.3) is 0 Å². The lowest BCUT2D eigenvalue weighted by atomic mass is 9.77. The first-order chi connectivity index (χ1) is 12.0. The van der Waals surface area contributed by atoms with Crippen LogP contribution in [0.5, 0.6) is 0 Å². The molecule has 0 radical (unpaired) electrons. The zero-order valence-electron chi connectivity index (χ0n) is 13.9. The molecule has 0 aromatic heterocycles. The maximum Gasteiger partial charge on any atom is 0.333 e. The van der Waals surface area contributed by atoms with Crippen LogP contribution >= 0.6 is 11.6 Å². The highest BCUT2D eigenvalue weighted by Crippen LogP contribution is 2.35. The fourth-order valence-corrected chi connectivity index (χ4v) is 2.97. The lowest BCUT2D eigenvalue weighted by Gasteiger charge is -2.25. The van der Waals surface area contributed by atoms with E-state index in [1.54, 1.807) is 48.5 Å². The second kappa shape index (κ2) is 8.45. The lowest BCUT2D eigenvalue weighted by Crippen LogP contribution is -2.25. The summed E-state index contributed by atoms with van der Waals surface area (Å²) >= 11 is 6.09. The van der Waals surface area contributed by atoms with Gasteiger partial charge in [-0.25, -0.2) is 4.79 Å². The van der Waals surface area contributed by atoms with Crippen molar-refractivity contribution in [3.8, 4) is 0 Å². The molecule has 2 atom stereocenters. The average Bonchev–Trinajstić information content (AvgIpc) is 2.65. The number of benzene rings is 2. The van der Waals surface area contributed by atoms with Crippen LogP contribution in [-0.2, 0) is 9.53 Å². The van der Waals surface area contributed by atoms with E-state index in [1.165, 1.54) is 13.2 Å². The maximum absolute atomic E-state index is 13.0. The minimum Gasteiger partial charge on any atom is -0.466 e. The third-order valence-electron chi connectivity index (χ3n) is 4.00. The van der Waals surface area contributed by atoms with Crippen molar-refractivity contribution in [3.63, 3.8) is 0 Å². The van der Waals surface area contributed by atoms with Gasteiger partial charge in [-0.3, -0.25) is 4.79 Å². The highest BCUT2D eigenvalue weighted by molar-refractivity contribution is 6.30. The molecule has 0 fully saturated rings. The number of carbonyl (C=O) groups is 2. The van der Waals surface area contributed by atoms with E-state index in [0.717, 1.165) is 0 Å². The summed E-state index contributed by atoms with van der Waals surface area (Å²) in [6.07, 6.45) is 1.54. The van der Waals surface area contributed by atoms with E-state index in [2.05, 4.69) is 13.2 Å². The zero-order valence-corrected chi connectivity index (χ0v) is 14.7. The van der Waals surface area contributed by atoms with Gasteiger partial charge in [0.1, 0.15) is 0 Å². The predicted octanol–water partition coefficient (Wildman–Crippen LogP) is 4.84. The summed E-state index contributed by atoms with van der Waals surface area (Å²) in [7, 11) is 1.28. The number of methoxy groups -OCH3 is 1. The number of carbonyl (C=O) groups excluding carboxylic acids is 2. The van der Waals surface area contributed by atoms with Crippen molar-refractivity contribution < 1.29 is 14.3 Å². The Balaban J connectivity index is 2.52. The van der Waals surface area contributed by atoms with E-state index in [-0.39, 0.29) is 11.4 Å². The fourth-order valence-electron chi connectivity index (χ4n) is 2.77. The van der Waals surface area contributed by atoms with Crippen molar-refractivity contribution in [1.82, 2.24) is 0 Å². The van der Waals surface area contributed by atoms with Crippen LogP contribution in [0.2, 0.25) is 5.02 Å². The summed E-state index contributed by atoms with van der Waals surface area (Å²) in [5, 5.41) is 0.509. The Hall–Kier alpha value is -2.65. The van der Waals surface area contributed by atoms with E-state index in [1.807, 2.05) is 6.07 Å². The lowest BCUT2D eigenvalue weighted by molar-refractivity contribution is -0.136. The van der Waals surface area contributed by atoms with Crippen LogP contribution in [-0.4, -0.2) is 18.9 Å². The molecule has 2 aromatic rings. The van der Waals surface area contributed by atoms with Gasteiger partial charge in [0.05, 0.1) is 13.0 Å². The minimum absolute atomic E-state index is 0.148. The second-order valence-corrected chi connectivity index (χ2v) is 5.98. The number of allylic oxidation sites excluding steroid dienone is 1. The van der Waals surface area contributed by atoms with Gasteiger partial charge in [-0.2, -0.15) is 0 Å².